The highest BCUT2D eigenvalue weighted by atomic mass is 19.4. The normalized spacial score (nSPS) is 12.5. The van der Waals surface area contributed by atoms with Crippen LogP contribution in [0.5, 0.6) is 0 Å². The minimum Gasteiger partial charge on any atom is -0.341 e. The molecule has 0 saturated heterocycles. The first kappa shape index (κ1) is 19.3. The average molecular weight is 370 g/mol. The number of halogens is 3. The molecule has 0 bridgehead atoms. The molecule has 0 unspecified atom stereocenters. The molecule has 0 fully saturated rings. The van der Waals surface area contributed by atoms with Crippen molar-refractivity contribution < 1.29 is 22.8 Å². The van der Waals surface area contributed by atoms with Crippen LogP contribution in [0.15, 0.2) is 24.5 Å². The van der Waals surface area contributed by atoms with Crippen LogP contribution in [0.25, 0.3) is 0 Å². The first-order chi connectivity index (χ1) is 12.1. The fourth-order valence-corrected chi connectivity index (χ4v) is 2.13. The number of nitrogens with one attached hydrogen (secondary N) is 1. The Morgan fingerprint density at radius 1 is 1.35 bits per heavy atom. The van der Waals surface area contributed by atoms with Crippen LogP contribution in [0, 0.1) is 0 Å². The lowest BCUT2D eigenvalue weighted by Gasteiger charge is -2.18. The Morgan fingerprint density at radius 2 is 2.04 bits per heavy atom. The van der Waals surface area contributed by atoms with Crippen molar-refractivity contribution in [2.45, 2.75) is 25.7 Å². The fourth-order valence-electron chi connectivity index (χ4n) is 2.13. The number of aromatic nitrogens is 4. The number of amides is 2. The first-order valence-electron chi connectivity index (χ1n) is 7.52. The minimum atomic E-state index is -4.54. The number of carbonyl (C=O) groups excluding carboxylic acids is 2. The van der Waals surface area contributed by atoms with Gasteiger partial charge in [-0.25, -0.2) is 0 Å². The predicted molar refractivity (Wildman–Crippen MR) is 83.3 cm³/mol. The third kappa shape index (κ3) is 4.77. The standard InChI is InChI=1S/C15H17F3N6O2/c1-9(10-4-5-12(19-6-10)15(16,17)18)20-13(25)14(26)23(2)7-11-8-24(3)22-21-11/h4-6,8-9H,7H2,1-3H3,(H,20,25)/t9-/m0/s1. The Labute approximate surface area is 147 Å². The van der Waals surface area contributed by atoms with Gasteiger partial charge in [-0.1, -0.05) is 11.3 Å². The Morgan fingerprint density at radius 3 is 2.54 bits per heavy atom. The molecule has 0 aliphatic carbocycles. The molecule has 1 atom stereocenters. The van der Waals surface area contributed by atoms with E-state index in [2.05, 4.69) is 20.6 Å². The lowest BCUT2D eigenvalue weighted by molar-refractivity contribution is -0.145. The van der Waals surface area contributed by atoms with Gasteiger partial charge in [0.1, 0.15) is 11.4 Å². The molecule has 2 heterocycles. The lowest BCUT2D eigenvalue weighted by atomic mass is 10.1. The zero-order chi connectivity index (χ0) is 19.5. The molecule has 0 aromatic carbocycles. The summed E-state index contributed by atoms with van der Waals surface area (Å²) in [6.45, 7) is 1.63. The van der Waals surface area contributed by atoms with E-state index in [0.717, 1.165) is 17.2 Å². The van der Waals surface area contributed by atoms with Crippen LogP contribution < -0.4 is 5.32 Å². The van der Waals surface area contributed by atoms with E-state index in [1.165, 1.54) is 24.7 Å². The lowest BCUT2D eigenvalue weighted by Crippen LogP contribution is -2.41. The molecule has 2 aromatic rings. The zero-order valence-electron chi connectivity index (χ0n) is 14.3. The maximum atomic E-state index is 12.5. The minimum absolute atomic E-state index is 0.0936. The first-order valence-corrected chi connectivity index (χ1v) is 7.52. The number of alkyl halides is 3. The van der Waals surface area contributed by atoms with Gasteiger partial charge in [0, 0.05) is 26.5 Å². The topological polar surface area (TPSA) is 93.0 Å². The maximum Gasteiger partial charge on any atom is 0.433 e. The van der Waals surface area contributed by atoms with Gasteiger partial charge >= 0.3 is 18.0 Å². The van der Waals surface area contributed by atoms with E-state index in [9.17, 15) is 22.8 Å². The fraction of sp³-hybridized carbons (Fsp3) is 0.400. The van der Waals surface area contributed by atoms with Gasteiger partial charge in [-0.15, -0.1) is 5.10 Å². The third-order valence-electron chi connectivity index (χ3n) is 3.51. The molecule has 0 aliphatic heterocycles. The third-order valence-corrected chi connectivity index (χ3v) is 3.51. The van der Waals surface area contributed by atoms with E-state index >= 15 is 0 Å². The van der Waals surface area contributed by atoms with Gasteiger partial charge in [-0.05, 0) is 18.6 Å². The highest BCUT2D eigenvalue weighted by molar-refractivity contribution is 6.34. The van der Waals surface area contributed by atoms with Crippen LogP contribution in [0.3, 0.4) is 0 Å². The van der Waals surface area contributed by atoms with Gasteiger partial charge in [0.05, 0.1) is 12.6 Å². The van der Waals surface area contributed by atoms with Crippen molar-refractivity contribution in [3.05, 3.63) is 41.5 Å². The number of hydrogen-bond acceptors (Lipinski definition) is 5. The maximum absolute atomic E-state index is 12.5. The highest BCUT2D eigenvalue weighted by Crippen LogP contribution is 2.27. The predicted octanol–water partition coefficient (Wildman–Crippen LogP) is 1.06. The van der Waals surface area contributed by atoms with Crippen LogP contribution in [0.4, 0.5) is 13.2 Å². The molecule has 0 aliphatic rings. The summed E-state index contributed by atoms with van der Waals surface area (Å²) in [5.74, 6) is -1.69. The van der Waals surface area contributed by atoms with Crippen molar-refractivity contribution in [3.63, 3.8) is 0 Å². The van der Waals surface area contributed by atoms with Crippen molar-refractivity contribution in [2.75, 3.05) is 7.05 Å². The summed E-state index contributed by atoms with van der Waals surface area (Å²) in [6, 6.07) is 1.33. The van der Waals surface area contributed by atoms with E-state index in [4.69, 9.17) is 0 Å². The van der Waals surface area contributed by atoms with Crippen molar-refractivity contribution >= 4 is 11.8 Å². The number of pyridine rings is 1. The van der Waals surface area contributed by atoms with Gasteiger partial charge in [-0.2, -0.15) is 13.2 Å². The second-order valence-corrected chi connectivity index (χ2v) is 5.71. The second kappa shape index (κ2) is 7.50. The molecule has 0 radical (unpaired) electrons. The van der Waals surface area contributed by atoms with Crippen LogP contribution >= 0.6 is 0 Å². The molecule has 2 rings (SSSR count). The second-order valence-electron chi connectivity index (χ2n) is 5.71. The zero-order valence-corrected chi connectivity index (χ0v) is 14.3. The number of rotatable bonds is 4. The van der Waals surface area contributed by atoms with Crippen LogP contribution in [0.1, 0.15) is 29.9 Å². The van der Waals surface area contributed by atoms with Gasteiger partial charge in [0.2, 0.25) is 0 Å². The van der Waals surface area contributed by atoms with E-state index in [1.807, 2.05) is 0 Å². The van der Waals surface area contributed by atoms with Crippen LogP contribution in [-0.2, 0) is 29.4 Å². The number of hydrogen-bond donors (Lipinski definition) is 1. The molecule has 8 nitrogen and oxygen atoms in total. The number of nitrogens with zero attached hydrogens (tertiary/aromatic N) is 5. The molecule has 11 heteroatoms. The Bertz CT molecular complexity index is 787. The van der Waals surface area contributed by atoms with E-state index in [1.54, 1.807) is 13.2 Å². The van der Waals surface area contributed by atoms with Gasteiger partial charge in [0.25, 0.3) is 0 Å². The quantitative estimate of drug-likeness (QED) is 0.813. The molecular formula is C15H17F3N6O2. The Balaban J connectivity index is 1.96. The largest absolute Gasteiger partial charge is 0.433 e. The molecule has 1 N–H and O–H groups in total. The molecule has 0 spiro atoms. The van der Waals surface area contributed by atoms with Gasteiger partial charge < -0.3 is 10.2 Å². The van der Waals surface area contributed by atoms with E-state index in [0.29, 0.717) is 11.3 Å². The highest BCUT2D eigenvalue weighted by Gasteiger charge is 2.32. The molecule has 2 amide bonds. The number of carbonyl (C=O) groups is 2. The number of aryl methyl sites for hydroxylation is 1. The summed E-state index contributed by atoms with van der Waals surface area (Å²) in [6.07, 6.45) is -1.91. The molecule has 140 valence electrons. The molecule has 26 heavy (non-hydrogen) atoms. The summed E-state index contributed by atoms with van der Waals surface area (Å²) in [7, 11) is 3.10. The Hall–Kier alpha value is -2.98. The van der Waals surface area contributed by atoms with Gasteiger partial charge in [0.15, 0.2) is 0 Å². The summed E-state index contributed by atoms with van der Waals surface area (Å²) in [5.41, 5.74) is -0.175. The molecule has 0 saturated carbocycles. The smallest absolute Gasteiger partial charge is 0.341 e. The molecular weight excluding hydrogens is 353 g/mol. The van der Waals surface area contributed by atoms with Crippen LogP contribution in [0.2, 0.25) is 0 Å². The average Bonchev–Trinajstić information content (AvgIpc) is 2.98. The SMILES string of the molecule is C[C@H](NC(=O)C(=O)N(C)Cc1cn(C)nn1)c1ccc(C(F)(F)F)nc1. The monoisotopic (exact) mass is 370 g/mol. The van der Waals surface area contributed by atoms with Crippen molar-refractivity contribution in [1.29, 1.82) is 0 Å². The summed E-state index contributed by atoms with van der Waals surface area (Å²) < 4.78 is 39.0. The van der Waals surface area contributed by atoms with Gasteiger partial charge in [-0.3, -0.25) is 19.3 Å². The molecule has 2 aromatic heterocycles. The van der Waals surface area contributed by atoms with Crippen molar-refractivity contribution in [3.8, 4) is 0 Å². The summed E-state index contributed by atoms with van der Waals surface area (Å²) in [5, 5.41) is 9.98. The van der Waals surface area contributed by atoms with Crippen molar-refractivity contribution in [1.82, 2.24) is 30.2 Å². The summed E-state index contributed by atoms with van der Waals surface area (Å²) >= 11 is 0. The van der Waals surface area contributed by atoms with Crippen molar-refractivity contribution in [2.24, 2.45) is 7.05 Å². The number of likely N-dealkylation sites (N-methyl/N-ethyl adjacent to an activating group) is 1. The van der Waals surface area contributed by atoms with E-state index in [-0.39, 0.29) is 6.54 Å². The Kier molecular flexibility index (Phi) is 5.58. The van der Waals surface area contributed by atoms with E-state index < -0.39 is 29.7 Å². The summed E-state index contributed by atoms with van der Waals surface area (Å²) in [4.78, 5) is 28.6. The van der Waals surface area contributed by atoms with Crippen LogP contribution in [-0.4, -0.2) is 43.7 Å².